The standard InChI is InChI=1S/C9H11N5S/c1-14-5-12-13-9(14)15-6-2-3-7(10)8(11)4-6/h2-5H,10-11H2,1H3. The van der Waals surface area contributed by atoms with Gasteiger partial charge in [0.25, 0.3) is 0 Å². The van der Waals surface area contributed by atoms with Crippen molar-refractivity contribution in [1.29, 1.82) is 0 Å². The molecule has 6 heteroatoms. The van der Waals surface area contributed by atoms with Gasteiger partial charge < -0.3 is 16.0 Å². The van der Waals surface area contributed by atoms with Crippen molar-refractivity contribution in [3.8, 4) is 0 Å². The molecular weight excluding hydrogens is 210 g/mol. The summed E-state index contributed by atoms with van der Waals surface area (Å²) in [6.45, 7) is 0. The summed E-state index contributed by atoms with van der Waals surface area (Å²) < 4.78 is 1.84. The quantitative estimate of drug-likeness (QED) is 0.743. The van der Waals surface area contributed by atoms with E-state index in [2.05, 4.69) is 10.2 Å². The summed E-state index contributed by atoms with van der Waals surface area (Å²) in [5, 5.41) is 8.58. The first-order valence-electron chi connectivity index (χ1n) is 4.33. The maximum absolute atomic E-state index is 5.71. The van der Waals surface area contributed by atoms with Gasteiger partial charge >= 0.3 is 0 Å². The summed E-state index contributed by atoms with van der Waals surface area (Å²) in [6, 6.07) is 5.52. The van der Waals surface area contributed by atoms with Crippen LogP contribution in [0.4, 0.5) is 11.4 Å². The fourth-order valence-electron chi connectivity index (χ4n) is 1.09. The van der Waals surface area contributed by atoms with Gasteiger partial charge in [-0.25, -0.2) is 0 Å². The van der Waals surface area contributed by atoms with Crippen LogP contribution in [-0.2, 0) is 7.05 Å². The first-order chi connectivity index (χ1) is 7.16. The van der Waals surface area contributed by atoms with Gasteiger partial charge in [0.2, 0.25) is 0 Å². The Morgan fingerprint density at radius 3 is 2.67 bits per heavy atom. The molecule has 0 spiro atoms. The van der Waals surface area contributed by atoms with Gasteiger partial charge in [0.05, 0.1) is 11.4 Å². The average molecular weight is 221 g/mol. The van der Waals surface area contributed by atoms with Crippen LogP contribution < -0.4 is 11.5 Å². The van der Waals surface area contributed by atoms with Crippen LogP contribution in [0.5, 0.6) is 0 Å². The Labute approximate surface area is 91.5 Å². The highest BCUT2D eigenvalue weighted by Gasteiger charge is 2.04. The maximum atomic E-state index is 5.71. The fourth-order valence-corrected chi connectivity index (χ4v) is 1.90. The zero-order valence-corrected chi connectivity index (χ0v) is 9.03. The Balaban J connectivity index is 2.25. The van der Waals surface area contributed by atoms with E-state index in [1.807, 2.05) is 23.7 Å². The number of anilines is 2. The van der Waals surface area contributed by atoms with Crippen molar-refractivity contribution in [2.75, 3.05) is 11.5 Å². The fraction of sp³-hybridized carbons (Fsp3) is 0.111. The third-order valence-electron chi connectivity index (χ3n) is 1.94. The van der Waals surface area contributed by atoms with E-state index in [1.54, 1.807) is 12.4 Å². The molecule has 2 rings (SSSR count). The van der Waals surface area contributed by atoms with E-state index in [1.165, 1.54) is 11.8 Å². The van der Waals surface area contributed by atoms with Gasteiger partial charge in [0.1, 0.15) is 6.33 Å². The molecule has 1 heterocycles. The zero-order valence-electron chi connectivity index (χ0n) is 8.21. The minimum atomic E-state index is 0.585. The largest absolute Gasteiger partial charge is 0.397 e. The molecule has 0 aliphatic heterocycles. The van der Waals surface area contributed by atoms with Crippen molar-refractivity contribution >= 4 is 23.1 Å². The van der Waals surface area contributed by atoms with Gasteiger partial charge in [-0.3, -0.25) is 0 Å². The predicted octanol–water partition coefficient (Wildman–Crippen LogP) is 1.13. The third kappa shape index (κ3) is 2.04. The number of nitrogens with two attached hydrogens (primary N) is 2. The molecule has 0 fully saturated rings. The monoisotopic (exact) mass is 221 g/mol. The lowest BCUT2D eigenvalue weighted by molar-refractivity contribution is 0.788. The van der Waals surface area contributed by atoms with Crippen LogP contribution in [0.15, 0.2) is 34.6 Å². The van der Waals surface area contributed by atoms with Crippen LogP contribution in [0.1, 0.15) is 0 Å². The van der Waals surface area contributed by atoms with Gasteiger partial charge in [-0.1, -0.05) is 0 Å². The van der Waals surface area contributed by atoms with Crippen LogP contribution in [-0.4, -0.2) is 14.8 Å². The van der Waals surface area contributed by atoms with Crippen molar-refractivity contribution in [1.82, 2.24) is 14.8 Å². The second kappa shape index (κ2) is 3.82. The molecule has 0 aliphatic rings. The van der Waals surface area contributed by atoms with Gasteiger partial charge in [0, 0.05) is 11.9 Å². The maximum Gasteiger partial charge on any atom is 0.195 e. The minimum absolute atomic E-state index is 0.585. The number of nitrogen functional groups attached to an aromatic ring is 2. The number of aryl methyl sites for hydroxylation is 1. The van der Waals surface area contributed by atoms with Crippen molar-refractivity contribution in [2.45, 2.75) is 10.1 Å². The molecule has 1 aromatic heterocycles. The first-order valence-corrected chi connectivity index (χ1v) is 5.15. The molecule has 1 aromatic carbocycles. The molecule has 0 radical (unpaired) electrons. The highest BCUT2D eigenvalue weighted by Crippen LogP contribution is 2.28. The van der Waals surface area contributed by atoms with Crippen molar-refractivity contribution in [2.24, 2.45) is 7.05 Å². The molecule has 78 valence electrons. The highest BCUT2D eigenvalue weighted by atomic mass is 32.2. The number of nitrogens with zero attached hydrogens (tertiary/aromatic N) is 3. The second-order valence-electron chi connectivity index (χ2n) is 3.12. The van der Waals surface area contributed by atoms with E-state index in [4.69, 9.17) is 11.5 Å². The highest BCUT2D eigenvalue weighted by molar-refractivity contribution is 7.99. The van der Waals surface area contributed by atoms with Crippen LogP contribution in [0, 0.1) is 0 Å². The van der Waals surface area contributed by atoms with Crippen LogP contribution >= 0.6 is 11.8 Å². The molecular formula is C9H11N5S. The average Bonchev–Trinajstić information content (AvgIpc) is 2.59. The van der Waals surface area contributed by atoms with Crippen LogP contribution in [0.25, 0.3) is 0 Å². The van der Waals surface area contributed by atoms with E-state index in [-0.39, 0.29) is 0 Å². The van der Waals surface area contributed by atoms with E-state index >= 15 is 0 Å². The van der Waals surface area contributed by atoms with Gasteiger partial charge in [-0.05, 0) is 30.0 Å². The van der Waals surface area contributed by atoms with Gasteiger partial charge in [0.15, 0.2) is 5.16 Å². The summed E-state index contributed by atoms with van der Waals surface area (Å²) >= 11 is 1.50. The molecule has 4 N–H and O–H groups in total. The zero-order chi connectivity index (χ0) is 10.8. The molecule has 0 atom stereocenters. The number of hydrogen-bond donors (Lipinski definition) is 2. The number of rotatable bonds is 2. The Hall–Kier alpha value is -1.69. The Kier molecular flexibility index (Phi) is 2.51. The summed E-state index contributed by atoms with van der Waals surface area (Å²) in [5.41, 5.74) is 12.5. The van der Waals surface area contributed by atoms with Crippen molar-refractivity contribution in [3.63, 3.8) is 0 Å². The van der Waals surface area contributed by atoms with Crippen molar-refractivity contribution in [3.05, 3.63) is 24.5 Å². The number of aromatic nitrogens is 3. The Bertz CT molecular complexity index is 479. The van der Waals surface area contributed by atoms with Gasteiger partial charge in [-0.2, -0.15) is 0 Å². The Morgan fingerprint density at radius 2 is 2.07 bits per heavy atom. The van der Waals surface area contributed by atoms with Crippen molar-refractivity contribution < 1.29 is 0 Å². The van der Waals surface area contributed by atoms with E-state index in [9.17, 15) is 0 Å². The predicted molar refractivity (Wildman–Crippen MR) is 60.4 cm³/mol. The van der Waals surface area contributed by atoms with E-state index in [0.29, 0.717) is 11.4 Å². The molecule has 0 bridgehead atoms. The SMILES string of the molecule is Cn1cnnc1Sc1ccc(N)c(N)c1. The number of benzene rings is 1. The number of hydrogen-bond acceptors (Lipinski definition) is 5. The lowest BCUT2D eigenvalue weighted by Crippen LogP contribution is -1.94. The normalized spacial score (nSPS) is 10.5. The first kappa shape index (κ1) is 9.85. The summed E-state index contributed by atoms with van der Waals surface area (Å²) in [4.78, 5) is 0.998. The lowest BCUT2D eigenvalue weighted by atomic mass is 10.3. The molecule has 0 saturated carbocycles. The molecule has 2 aromatic rings. The molecule has 0 unspecified atom stereocenters. The summed E-state index contributed by atoms with van der Waals surface area (Å²) in [5.74, 6) is 0. The van der Waals surface area contributed by atoms with E-state index < -0.39 is 0 Å². The topological polar surface area (TPSA) is 82.8 Å². The molecule has 5 nitrogen and oxygen atoms in total. The molecule has 0 saturated heterocycles. The van der Waals surface area contributed by atoms with E-state index in [0.717, 1.165) is 10.1 Å². The second-order valence-corrected chi connectivity index (χ2v) is 4.16. The summed E-state index contributed by atoms with van der Waals surface area (Å²) in [7, 11) is 1.89. The molecule has 0 amide bonds. The summed E-state index contributed by atoms with van der Waals surface area (Å²) in [6.07, 6.45) is 1.66. The van der Waals surface area contributed by atoms with Crippen LogP contribution in [0.3, 0.4) is 0 Å². The third-order valence-corrected chi connectivity index (χ3v) is 2.98. The minimum Gasteiger partial charge on any atom is -0.397 e. The Morgan fingerprint density at radius 1 is 1.27 bits per heavy atom. The smallest absolute Gasteiger partial charge is 0.195 e. The van der Waals surface area contributed by atoms with Crippen LogP contribution in [0.2, 0.25) is 0 Å². The molecule has 0 aliphatic carbocycles. The lowest BCUT2D eigenvalue weighted by Gasteiger charge is -2.03. The van der Waals surface area contributed by atoms with Gasteiger partial charge in [-0.15, -0.1) is 10.2 Å². The molecule has 15 heavy (non-hydrogen) atoms.